The zero-order chi connectivity index (χ0) is 39.9. The summed E-state index contributed by atoms with van der Waals surface area (Å²) in [7, 11) is 3.13. The van der Waals surface area contributed by atoms with Crippen LogP contribution in [0.3, 0.4) is 0 Å². The average Bonchev–Trinajstić information content (AvgIpc) is 3.82. The summed E-state index contributed by atoms with van der Waals surface area (Å²) in [6, 6.07) is 32.6. The summed E-state index contributed by atoms with van der Waals surface area (Å²) >= 11 is 0. The Morgan fingerprint density at radius 3 is 2.00 bits per heavy atom. The van der Waals surface area contributed by atoms with Gasteiger partial charge >= 0.3 is 11.9 Å². The van der Waals surface area contributed by atoms with E-state index in [1.165, 1.54) is 17.2 Å². The van der Waals surface area contributed by atoms with E-state index in [2.05, 4.69) is 20.3 Å². The number of carbonyl (C=O) groups excluding carboxylic acids is 2. The molecular weight excluding hydrogens is 737 g/mol. The maximum Gasteiger partial charge on any atom is 0.306 e. The molecule has 7 rings (SSSR count). The number of benzene rings is 4. The fourth-order valence-electron chi connectivity index (χ4n) is 6.79. The molecule has 4 aromatic carbocycles. The molecule has 1 aliphatic rings. The zero-order valence-electron chi connectivity index (χ0n) is 30.9. The highest BCUT2D eigenvalue weighted by Crippen LogP contribution is 2.44. The Kier molecular flexibility index (Phi) is 11.5. The number of esters is 1. The number of rotatable bonds is 15. The van der Waals surface area contributed by atoms with Crippen LogP contribution in [0.15, 0.2) is 122 Å². The van der Waals surface area contributed by atoms with Crippen LogP contribution in [0.1, 0.15) is 46.1 Å². The Morgan fingerprint density at radius 1 is 0.807 bits per heavy atom. The number of alkyl halides is 1. The lowest BCUT2D eigenvalue weighted by molar-refractivity contribution is -0.159. The van der Waals surface area contributed by atoms with Crippen molar-refractivity contribution in [1.82, 2.24) is 19.5 Å². The normalized spacial score (nSPS) is 17.9. The molecule has 4 atom stereocenters. The van der Waals surface area contributed by atoms with Crippen molar-refractivity contribution in [1.29, 1.82) is 0 Å². The molecule has 14 nitrogen and oxygen atoms in total. The molecule has 0 bridgehead atoms. The fourth-order valence-corrected chi connectivity index (χ4v) is 6.79. The number of fused-ring (bicyclic) bond motifs is 1. The molecule has 292 valence electrons. The van der Waals surface area contributed by atoms with Crippen LogP contribution >= 0.6 is 0 Å². The molecular formula is C42H38FN5O9. The quantitative estimate of drug-likeness (QED) is 0.0906. The summed E-state index contributed by atoms with van der Waals surface area (Å²) in [4.78, 5) is 50.2. The largest absolute Gasteiger partial charge is 0.497 e. The number of hydrogen-bond acceptors (Lipinski definition) is 11. The Bertz CT molecular complexity index is 2280. The maximum absolute atomic E-state index is 16.9. The second-order valence-electron chi connectivity index (χ2n) is 13.0. The van der Waals surface area contributed by atoms with Crippen molar-refractivity contribution < 1.29 is 47.6 Å². The highest BCUT2D eigenvalue weighted by Gasteiger charge is 2.51. The van der Waals surface area contributed by atoms with Crippen LogP contribution in [0, 0.1) is 0 Å². The number of nitrogens with zero attached hydrogens (tertiary/aromatic N) is 4. The molecule has 15 heteroatoms. The van der Waals surface area contributed by atoms with Crippen molar-refractivity contribution in [2.75, 3.05) is 26.1 Å². The van der Waals surface area contributed by atoms with Gasteiger partial charge in [0.05, 0.1) is 40.0 Å². The average molecular weight is 776 g/mol. The van der Waals surface area contributed by atoms with Gasteiger partial charge in [0.25, 0.3) is 5.91 Å². The van der Waals surface area contributed by atoms with Crippen LogP contribution in [0.2, 0.25) is 0 Å². The van der Waals surface area contributed by atoms with Crippen LogP contribution in [-0.2, 0) is 29.4 Å². The van der Waals surface area contributed by atoms with E-state index in [4.69, 9.17) is 23.7 Å². The SMILES string of the molecule is COc1ccc(C(OC[C@H]2O[C@@H](n3cnc4c(NC(=O)c5ccccc5)ncnc43)C(F)[C@H]2OC(=O)CCC(=O)O)(c2ccccc2)c2ccc(OC)cc2)cc1. The molecule has 2 N–H and O–H groups in total. The number of ether oxygens (including phenoxy) is 5. The number of imidazole rings is 1. The first-order valence-corrected chi connectivity index (χ1v) is 17.9. The molecule has 1 fully saturated rings. The van der Waals surface area contributed by atoms with Crippen molar-refractivity contribution >= 4 is 34.8 Å². The fraction of sp³-hybridized carbons (Fsp3) is 0.238. The highest BCUT2D eigenvalue weighted by molar-refractivity contribution is 6.06. The Morgan fingerprint density at radius 2 is 1.40 bits per heavy atom. The Labute approximate surface area is 326 Å². The number of carboxylic acids is 1. The van der Waals surface area contributed by atoms with Crippen LogP contribution in [0.4, 0.5) is 10.2 Å². The van der Waals surface area contributed by atoms with E-state index in [-0.39, 0.29) is 23.6 Å². The first kappa shape index (κ1) is 38.6. The molecule has 0 spiro atoms. The minimum atomic E-state index is -2.00. The number of aromatic nitrogens is 4. The summed E-state index contributed by atoms with van der Waals surface area (Å²) in [5.74, 6) is -1.26. The molecule has 1 saturated heterocycles. The smallest absolute Gasteiger partial charge is 0.306 e. The second kappa shape index (κ2) is 17.0. The minimum Gasteiger partial charge on any atom is -0.497 e. The van der Waals surface area contributed by atoms with Gasteiger partial charge in [-0.3, -0.25) is 19.0 Å². The second-order valence-corrected chi connectivity index (χ2v) is 13.0. The molecule has 0 radical (unpaired) electrons. The van der Waals surface area contributed by atoms with Crippen molar-refractivity contribution in [3.05, 3.63) is 144 Å². The van der Waals surface area contributed by atoms with Gasteiger partial charge in [0.2, 0.25) is 0 Å². The number of methoxy groups -OCH3 is 2. The summed E-state index contributed by atoms with van der Waals surface area (Å²) in [5.41, 5.74) is 1.47. The third-order valence-electron chi connectivity index (χ3n) is 9.62. The summed E-state index contributed by atoms with van der Waals surface area (Å²) in [6.07, 6.45) is -4.73. The van der Waals surface area contributed by atoms with Crippen LogP contribution in [0.25, 0.3) is 11.2 Å². The third-order valence-corrected chi connectivity index (χ3v) is 9.62. The number of amides is 1. The van der Waals surface area contributed by atoms with Crippen molar-refractivity contribution in [2.24, 2.45) is 0 Å². The Hall–Kier alpha value is -6.71. The van der Waals surface area contributed by atoms with Gasteiger partial charge in [0.1, 0.15) is 29.5 Å². The van der Waals surface area contributed by atoms with E-state index >= 15 is 4.39 Å². The van der Waals surface area contributed by atoms with Crippen LogP contribution < -0.4 is 14.8 Å². The Balaban J connectivity index is 1.26. The van der Waals surface area contributed by atoms with Crippen LogP contribution in [-0.4, -0.2) is 81.7 Å². The number of nitrogens with one attached hydrogen (secondary N) is 1. The summed E-state index contributed by atoms with van der Waals surface area (Å²) in [5, 5.41) is 11.9. The van der Waals surface area contributed by atoms with Gasteiger partial charge in [0, 0.05) is 5.56 Å². The van der Waals surface area contributed by atoms with Gasteiger partial charge in [-0.05, 0) is 53.1 Å². The molecule has 1 amide bonds. The van der Waals surface area contributed by atoms with Gasteiger partial charge < -0.3 is 34.1 Å². The van der Waals surface area contributed by atoms with Gasteiger partial charge in [-0.1, -0.05) is 72.8 Å². The lowest BCUT2D eigenvalue weighted by Gasteiger charge is -2.37. The molecule has 0 saturated carbocycles. The van der Waals surface area contributed by atoms with E-state index in [0.29, 0.717) is 28.2 Å². The van der Waals surface area contributed by atoms with Gasteiger partial charge in [-0.15, -0.1) is 0 Å². The highest BCUT2D eigenvalue weighted by atomic mass is 19.1. The summed E-state index contributed by atoms with van der Waals surface area (Å²) in [6.45, 7) is -0.319. The van der Waals surface area contributed by atoms with Gasteiger partial charge in [-0.2, -0.15) is 0 Å². The third kappa shape index (κ3) is 8.01. The standard InChI is InChI=1S/C42H38FN5O9/c1-53-30-17-13-28(14-18-30)42(27-11-7-4-8-12-27,29-15-19-31(54-2)20-16-29)55-23-32-37(57-34(51)22-21-33(49)50)35(43)41(56-32)48-25-46-36-38(44-24-45-39(36)48)47-40(52)26-9-5-3-6-10-26/h3-20,24-25,32,35,37,41H,21-23H2,1-2H3,(H,49,50)(H,44,45,47,52)/t32-,35?,37+,41-/m1/s1. The number of carbonyl (C=O) groups is 3. The predicted molar refractivity (Wildman–Crippen MR) is 204 cm³/mol. The number of anilines is 1. The molecule has 57 heavy (non-hydrogen) atoms. The molecule has 1 aliphatic heterocycles. The zero-order valence-corrected chi connectivity index (χ0v) is 30.9. The first-order chi connectivity index (χ1) is 27.7. The maximum atomic E-state index is 16.9. The van der Waals surface area contributed by atoms with Crippen molar-refractivity contribution in [3.63, 3.8) is 0 Å². The number of hydrogen-bond donors (Lipinski definition) is 2. The van der Waals surface area contributed by atoms with Crippen LogP contribution in [0.5, 0.6) is 11.5 Å². The van der Waals surface area contributed by atoms with E-state index in [9.17, 15) is 19.5 Å². The van der Waals surface area contributed by atoms with E-state index in [1.807, 2.05) is 54.6 Å². The van der Waals surface area contributed by atoms with E-state index in [0.717, 1.165) is 5.56 Å². The number of carboxylic acid groups (broad SMARTS) is 1. The minimum absolute atomic E-state index is 0.0872. The molecule has 2 aromatic heterocycles. The molecule has 3 heterocycles. The monoisotopic (exact) mass is 775 g/mol. The van der Waals surface area contributed by atoms with Crippen molar-refractivity contribution in [2.45, 2.75) is 43.1 Å². The van der Waals surface area contributed by atoms with E-state index in [1.54, 1.807) is 68.8 Å². The van der Waals surface area contributed by atoms with Gasteiger partial charge in [-0.25, -0.2) is 19.3 Å². The number of aliphatic carboxylic acids is 1. The number of halogens is 1. The lowest BCUT2D eigenvalue weighted by atomic mass is 9.80. The van der Waals surface area contributed by atoms with Crippen molar-refractivity contribution in [3.8, 4) is 11.5 Å². The molecule has 0 aliphatic carbocycles. The first-order valence-electron chi connectivity index (χ1n) is 17.9. The molecule has 1 unspecified atom stereocenters. The summed E-state index contributed by atoms with van der Waals surface area (Å²) < 4.78 is 48.1. The topological polar surface area (TPSA) is 173 Å². The van der Waals surface area contributed by atoms with E-state index < -0.39 is 60.9 Å². The van der Waals surface area contributed by atoms with Gasteiger partial charge in [0.15, 0.2) is 35.5 Å². The molecule has 6 aromatic rings. The predicted octanol–water partition coefficient (Wildman–Crippen LogP) is 6.12. The lowest BCUT2D eigenvalue weighted by Crippen LogP contribution is -2.41.